The molecule has 0 aliphatic carbocycles. The molecule has 4 rings (SSSR count). The fourth-order valence-electron chi connectivity index (χ4n) is 3.08. The Hall–Kier alpha value is -3.26. The average molecular weight is 444 g/mol. The molecule has 0 spiro atoms. The van der Waals surface area contributed by atoms with Crippen LogP contribution in [-0.2, 0) is 6.18 Å². The van der Waals surface area contributed by atoms with E-state index in [1.807, 2.05) is 19.9 Å². The summed E-state index contributed by atoms with van der Waals surface area (Å²) in [4.78, 5) is 17.2. The fraction of sp³-hybridized carbons (Fsp3) is 0.182. The van der Waals surface area contributed by atoms with Crippen molar-refractivity contribution in [1.29, 1.82) is 0 Å². The van der Waals surface area contributed by atoms with Crippen LogP contribution in [0.4, 0.5) is 24.7 Å². The highest BCUT2D eigenvalue weighted by Gasteiger charge is 2.34. The van der Waals surface area contributed by atoms with Crippen LogP contribution < -0.4 is 5.32 Å². The van der Waals surface area contributed by atoms with Crippen molar-refractivity contribution in [2.45, 2.75) is 25.9 Å². The summed E-state index contributed by atoms with van der Waals surface area (Å²) >= 11 is 5.90. The lowest BCUT2D eigenvalue weighted by molar-refractivity contribution is -0.137. The molecule has 31 heavy (non-hydrogen) atoms. The first-order valence-corrected chi connectivity index (χ1v) is 9.83. The molecule has 4 aromatic heterocycles. The second-order valence-electron chi connectivity index (χ2n) is 7.20. The Balaban J connectivity index is 1.86. The molecule has 0 fully saturated rings. The molecule has 0 unspecified atom stereocenters. The minimum atomic E-state index is -4.54. The van der Waals surface area contributed by atoms with Crippen LogP contribution in [0.3, 0.4) is 0 Å². The Kier molecular flexibility index (Phi) is 5.49. The lowest BCUT2D eigenvalue weighted by atomic mass is 10.1. The van der Waals surface area contributed by atoms with Gasteiger partial charge in [-0.3, -0.25) is 4.98 Å². The van der Waals surface area contributed by atoms with Gasteiger partial charge in [-0.2, -0.15) is 13.2 Å². The molecule has 0 saturated heterocycles. The Morgan fingerprint density at radius 2 is 1.81 bits per heavy atom. The van der Waals surface area contributed by atoms with Gasteiger partial charge in [0, 0.05) is 23.5 Å². The number of nitrogens with one attached hydrogen (secondary N) is 1. The lowest BCUT2D eigenvalue weighted by Crippen LogP contribution is -2.09. The predicted octanol–water partition coefficient (Wildman–Crippen LogP) is 6.63. The Morgan fingerprint density at radius 1 is 1.00 bits per heavy atom. The zero-order valence-corrected chi connectivity index (χ0v) is 17.3. The minimum absolute atomic E-state index is 0.0779. The molecule has 0 radical (unpaired) electrons. The van der Waals surface area contributed by atoms with E-state index >= 15 is 0 Å². The molecule has 158 valence electrons. The summed E-state index contributed by atoms with van der Waals surface area (Å²) < 4.78 is 40.3. The normalized spacial score (nSPS) is 11.8. The van der Waals surface area contributed by atoms with Crippen LogP contribution in [0.15, 0.2) is 54.9 Å². The summed E-state index contributed by atoms with van der Waals surface area (Å²) in [5.41, 5.74) is 0.779. The third-order valence-electron chi connectivity index (χ3n) is 4.63. The maximum Gasteiger partial charge on any atom is 0.418 e. The molecular formula is C22H17ClF3N5. The van der Waals surface area contributed by atoms with E-state index < -0.39 is 11.7 Å². The quantitative estimate of drug-likeness (QED) is 0.383. The van der Waals surface area contributed by atoms with Crippen molar-refractivity contribution < 1.29 is 13.2 Å². The molecule has 1 N–H and O–H groups in total. The van der Waals surface area contributed by atoms with Gasteiger partial charge in [0.15, 0.2) is 5.65 Å². The molecule has 0 bridgehead atoms. The van der Waals surface area contributed by atoms with E-state index in [-0.39, 0.29) is 17.3 Å². The maximum absolute atomic E-state index is 13.4. The predicted molar refractivity (Wildman–Crippen MR) is 114 cm³/mol. The van der Waals surface area contributed by atoms with Crippen molar-refractivity contribution in [3.05, 3.63) is 71.1 Å². The largest absolute Gasteiger partial charge is 0.418 e. The van der Waals surface area contributed by atoms with E-state index in [9.17, 15) is 13.2 Å². The second-order valence-corrected chi connectivity index (χ2v) is 7.64. The Labute approximate surface area is 181 Å². The number of pyridine rings is 4. The second kappa shape index (κ2) is 8.11. The van der Waals surface area contributed by atoms with Crippen molar-refractivity contribution in [3.63, 3.8) is 0 Å². The Morgan fingerprint density at radius 3 is 2.48 bits per heavy atom. The topological polar surface area (TPSA) is 63.6 Å². The SMILES string of the molecule is CC(C)c1cc(Nc2ccc(Cl)cn2)c2ccc(-c3ncccc3C(F)(F)F)nc2n1. The first-order valence-electron chi connectivity index (χ1n) is 9.45. The lowest BCUT2D eigenvalue weighted by Gasteiger charge is -2.15. The maximum atomic E-state index is 13.4. The monoisotopic (exact) mass is 443 g/mol. The van der Waals surface area contributed by atoms with Gasteiger partial charge in [0.05, 0.1) is 22.0 Å². The van der Waals surface area contributed by atoms with E-state index in [1.54, 1.807) is 18.2 Å². The third-order valence-corrected chi connectivity index (χ3v) is 4.85. The number of aromatic nitrogens is 4. The van der Waals surface area contributed by atoms with Gasteiger partial charge < -0.3 is 5.32 Å². The molecule has 9 heteroatoms. The van der Waals surface area contributed by atoms with E-state index in [0.29, 0.717) is 27.6 Å². The van der Waals surface area contributed by atoms with Crippen molar-refractivity contribution in [3.8, 4) is 11.4 Å². The standard InChI is InChI=1S/C22H17ClF3N5/c1-12(2)17-10-18(29-19-8-5-13(23)11-28-19)14-6-7-16(30-21(14)31-17)20-15(22(24,25)26)4-3-9-27-20/h3-12H,1-2H3,(H,28,29,30,31). The summed E-state index contributed by atoms with van der Waals surface area (Å²) in [6.07, 6.45) is -1.71. The molecule has 5 nitrogen and oxygen atoms in total. The number of anilines is 2. The smallest absolute Gasteiger partial charge is 0.340 e. The molecule has 0 atom stereocenters. The molecule has 0 amide bonds. The number of alkyl halides is 3. The van der Waals surface area contributed by atoms with Crippen molar-refractivity contribution in [2.75, 3.05) is 5.32 Å². The zero-order chi connectivity index (χ0) is 22.2. The highest BCUT2D eigenvalue weighted by Crippen LogP contribution is 2.36. The average Bonchev–Trinajstić information content (AvgIpc) is 2.74. The third kappa shape index (κ3) is 4.44. The number of hydrogen-bond donors (Lipinski definition) is 1. The number of hydrogen-bond acceptors (Lipinski definition) is 5. The summed E-state index contributed by atoms with van der Waals surface area (Å²) in [6, 6.07) is 10.8. The summed E-state index contributed by atoms with van der Waals surface area (Å²) in [6.45, 7) is 3.95. The summed E-state index contributed by atoms with van der Waals surface area (Å²) in [7, 11) is 0. The van der Waals surface area contributed by atoms with Crippen LogP contribution in [0.5, 0.6) is 0 Å². The molecule has 0 aliphatic heterocycles. The van der Waals surface area contributed by atoms with Gasteiger partial charge in [0.25, 0.3) is 0 Å². The van der Waals surface area contributed by atoms with Crippen molar-refractivity contribution in [1.82, 2.24) is 19.9 Å². The van der Waals surface area contributed by atoms with E-state index in [4.69, 9.17) is 11.6 Å². The molecule has 4 heterocycles. The first-order chi connectivity index (χ1) is 14.7. The first kappa shape index (κ1) is 21.0. The van der Waals surface area contributed by atoms with Gasteiger partial charge in [-0.05, 0) is 48.4 Å². The van der Waals surface area contributed by atoms with Crippen LogP contribution in [-0.4, -0.2) is 19.9 Å². The van der Waals surface area contributed by atoms with Crippen LogP contribution in [0, 0.1) is 0 Å². The molecular weight excluding hydrogens is 427 g/mol. The highest BCUT2D eigenvalue weighted by molar-refractivity contribution is 6.30. The van der Waals surface area contributed by atoms with E-state index in [0.717, 1.165) is 11.8 Å². The number of fused-ring (bicyclic) bond motifs is 1. The van der Waals surface area contributed by atoms with E-state index in [2.05, 4.69) is 25.3 Å². The summed E-state index contributed by atoms with van der Waals surface area (Å²) in [5, 5.41) is 4.38. The van der Waals surface area contributed by atoms with E-state index in [1.165, 1.54) is 24.5 Å². The Bertz CT molecular complexity index is 1240. The molecule has 0 aliphatic rings. The van der Waals surface area contributed by atoms with Crippen molar-refractivity contribution in [2.24, 2.45) is 0 Å². The van der Waals surface area contributed by atoms with Crippen LogP contribution in [0.25, 0.3) is 22.4 Å². The van der Waals surface area contributed by atoms with Gasteiger partial charge in [0.1, 0.15) is 11.5 Å². The van der Waals surface area contributed by atoms with Gasteiger partial charge in [-0.15, -0.1) is 0 Å². The van der Waals surface area contributed by atoms with Crippen LogP contribution in [0.2, 0.25) is 5.02 Å². The van der Waals surface area contributed by atoms with Gasteiger partial charge >= 0.3 is 6.18 Å². The zero-order valence-electron chi connectivity index (χ0n) is 16.6. The molecule has 0 aromatic carbocycles. The summed E-state index contributed by atoms with van der Waals surface area (Å²) in [5.74, 6) is 0.647. The molecule has 0 saturated carbocycles. The minimum Gasteiger partial charge on any atom is -0.340 e. The number of halogens is 4. The van der Waals surface area contributed by atoms with Crippen molar-refractivity contribution >= 4 is 34.1 Å². The molecule has 4 aromatic rings. The van der Waals surface area contributed by atoms with Gasteiger partial charge in [-0.1, -0.05) is 25.4 Å². The van der Waals surface area contributed by atoms with Gasteiger partial charge in [-0.25, -0.2) is 15.0 Å². The van der Waals surface area contributed by atoms with Crippen LogP contribution >= 0.6 is 11.6 Å². The highest BCUT2D eigenvalue weighted by atomic mass is 35.5. The van der Waals surface area contributed by atoms with Crippen LogP contribution in [0.1, 0.15) is 31.0 Å². The number of rotatable bonds is 4. The number of nitrogens with zero attached hydrogens (tertiary/aromatic N) is 4. The van der Waals surface area contributed by atoms with Gasteiger partial charge in [0.2, 0.25) is 0 Å². The fourth-order valence-corrected chi connectivity index (χ4v) is 3.19.